The third-order valence-corrected chi connectivity index (χ3v) is 4.93. The molecule has 0 fully saturated rings. The summed E-state index contributed by atoms with van der Waals surface area (Å²) in [6, 6.07) is 12.5. The van der Waals surface area contributed by atoms with Gasteiger partial charge in [0.25, 0.3) is 5.91 Å². The van der Waals surface area contributed by atoms with Crippen LogP contribution in [0, 0.1) is 6.92 Å². The van der Waals surface area contributed by atoms with E-state index in [-0.39, 0.29) is 16.6 Å². The van der Waals surface area contributed by atoms with Crippen molar-refractivity contribution in [1.82, 2.24) is 4.90 Å². The third-order valence-electron chi connectivity index (χ3n) is 3.67. The van der Waals surface area contributed by atoms with E-state index in [1.54, 1.807) is 29.2 Å². The van der Waals surface area contributed by atoms with Gasteiger partial charge in [-0.05, 0) is 57.2 Å². The number of aryl methyl sites for hydroxylation is 1. The molecule has 0 saturated heterocycles. The van der Waals surface area contributed by atoms with E-state index >= 15 is 0 Å². The number of hydrogen-bond donors (Lipinski definition) is 0. The highest BCUT2D eigenvalue weighted by atomic mass is 32.2. The molecule has 0 unspecified atom stereocenters. The normalized spacial score (nSPS) is 11.1. The number of rotatable bonds is 6. The molecule has 5 nitrogen and oxygen atoms in total. The Balaban J connectivity index is 2.16. The molecule has 2 aromatic rings. The summed E-state index contributed by atoms with van der Waals surface area (Å²) in [5.41, 5.74) is 1.46. The number of hydrogen-bond acceptors (Lipinski definition) is 4. The Labute approximate surface area is 143 Å². The molecule has 0 aromatic heterocycles. The second kappa shape index (κ2) is 7.49. The van der Waals surface area contributed by atoms with Crippen LogP contribution in [0.1, 0.15) is 29.8 Å². The molecule has 2 rings (SSSR count). The lowest BCUT2D eigenvalue weighted by Crippen LogP contribution is -2.30. The number of nitrogens with zero attached hydrogens (tertiary/aromatic N) is 1. The molecule has 0 radical (unpaired) electrons. The van der Waals surface area contributed by atoms with Crippen molar-refractivity contribution in [1.29, 1.82) is 0 Å². The van der Waals surface area contributed by atoms with Gasteiger partial charge in [-0.3, -0.25) is 4.79 Å². The molecule has 0 atom stereocenters. The Bertz CT molecular complexity index is 792. The summed E-state index contributed by atoms with van der Waals surface area (Å²) in [7, 11) is -3.88. The molecule has 0 saturated carbocycles. The standard InChI is InChI=1S/C18H21NO4S/c1-4-19(5-2)18(20)15-8-10-16(11-9-15)23-24(21,22)17-12-6-14(3)7-13-17/h6-13H,4-5H2,1-3H3. The van der Waals surface area contributed by atoms with E-state index < -0.39 is 10.1 Å². The zero-order valence-electron chi connectivity index (χ0n) is 14.0. The molecule has 2 aromatic carbocycles. The molecular formula is C18H21NO4S. The van der Waals surface area contributed by atoms with E-state index in [9.17, 15) is 13.2 Å². The Morgan fingerprint density at radius 2 is 1.50 bits per heavy atom. The van der Waals surface area contributed by atoms with Gasteiger partial charge in [-0.15, -0.1) is 0 Å². The van der Waals surface area contributed by atoms with E-state index in [4.69, 9.17) is 4.18 Å². The molecule has 24 heavy (non-hydrogen) atoms. The van der Waals surface area contributed by atoms with Crippen molar-refractivity contribution in [3.05, 3.63) is 59.7 Å². The van der Waals surface area contributed by atoms with Crippen LogP contribution in [0.4, 0.5) is 0 Å². The van der Waals surface area contributed by atoms with Crippen LogP contribution in [0.15, 0.2) is 53.4 Å². The van der Waals surface area contributed by atoms with Crippen molar-refractivity contribution < 1.29 is 17.4 Å². The van der Waals surface area contributed by atoms with Crippen molar-refractivity contribution in [2.24, 2.45) is 0 Å². The zero-order chi connectivity index (χ0) is 17.7. The Morgan fingerprint density at radius 1 is 0.958 bits per heavy atom. The molecule has 0 N–H and O–H groups in total. The third kappa shape index (κ3) is 4.14. The Morgan fingerprint density at radius 3 is 2.00 bits per heavy atom. The first kappa shape index (κ1) is 18.0. The summed E-state index contributed by atoms with van der Waals surface area (Å²) in [4.78, 5) is 14.0. The fourth-order valence-corrected chi connectivity index (χ4v) is 3.16. The summed E-state index contributed by atoms with van der Waals surface area (Å²) in [5, 5.41) is 0. The summed E-state index contributed by atoms with van der Waals surface area (Å²) in [6.07, 6.45) is 0. The van der Waals surface area contributed by atoms with E-state index in [1.807, 2.05) is 20.8 Å². The number of carbonyl (C=O) groups excluding carboxylic acids is 1. The van der Waals surface area contributed by atoms with Gasteiger partial charge in [-0.1, -0.05) is 17.7 Å². The maximum Gasteiger partial charge on any atom is 0.339 e. The molecule has 1 amide bonds. The Hall–Kier alpha value is -2.34. The van der Waals surface area contributed by atoms with Crippen molar-refractivity contribution >= 4 is 16.0 Å². The lowest BCUT2D eigenvalue weighted by molar-refractivity contribution is 0.0773. The lowest BCUT2D eigenvalue weighted by Gasteiger charge is -2.18. The minimum Gasteiger partial charge on any atom is -0.379 e. The highest BCUT2D eigenvalue weighted by Gasteiger charge is 2.17. The van der Waals surface area contributed by atoms with Crippen molar-refractivity contribution in [3.8, 4) is 5.75 Å². The van der Waals surface area contributed by atoms with Crippen molar-refractivity contribution in [2.75, 3.05) is 13.1 Å². The van der Waals surface area contributed by atoms with Crippen molar-refractivity contribution in [3.63, 3.8) is 0 Å². The monoisotopic (exact) mass is 347 g/mol. The second-order valence-electron chi connectivity index (χ2n) is 5.35. The fraction of sp³-hybridized carbons (Fsp3) is 0.278. The van der Waals surface area contributed by atoms with Crippen LogP contribution in [-0.4, -0.2) is 32.3 Å². The molecule has 0 heterocycles. The van der Waals surface area contributed by atoms with Gasteiger partial charge in [0.15, 0.2) is 0 Å². The predicted molar refractivity (Wildman–Crippen MR) is 92.7 cm³/mol. The minimum atomic E-state index is -3.88. The number of amides is 1. The van der Waals surface area contributed by atoms with Gasteiger partial charge in [0.05, 0.1) is 0 Å². The smallest absolute Gasteiger partial charge is 0.339 e. The van der Waals surface area contributed by atoms with Crippen LogP contribution in [0.2, 0.25) is 0 Å². The molecule has 0 spiro atoms. The summed E-state index contributed by atoms with van der Waals surface area (Å²) in [5.74, 6) is 0.0830. The molecule has 0 bridgehead atoms. The maximum absolute atomic E-state index is 12.2. The van der Waals surface area contributed by atoms with E-state index in [2.05, 4.69) is 0 Å². The SMILES string of the molecule is CCN(CC)C(=O)c1ccc(OS(=O)(=O)c2ccc(C)cc2)cc1. The quantitative estimate of drug-likeness (QED) is 0.753. The maximum atomic E-state index is 12.2. The van der Waals surface area contributed by atoms with Crippen molar-refractivity contribution in [2.45, 2.75) is 25.7 Å². The van der Waals surface area contributed by atoms with E-state index in [0.29, 0.717) is 18.7 Å². The summed E-state index contributed by atoms with van der Waals surface area (Å²) >= 11 is 0. The van der Waals surface area contributed by atoms with E-state index in [0.717, 1.165) is 5.56 Å². The van der Waals surface area contributed by atoms with Gasteiger partial charge in [0, 0.05) is 18.7 Å². The molecular weight excluding hydrogens is 326 g/mol. The average Bonchev–Trinajstić information content (AvgIpc) is 2.56. The molecule has 6 heteroatoms. The van der Waals surface area contributed by atoms with E-state index in [1.165, 1.54) is 24.3 Å². The summed E-state index contributed by atoms with van der Waals surface area (Å²) < 4.78 is 29.6. The Kier molecular flexibility index (Phi) is 5.62. The number of benzene rings is 2. The van der Waals surface area contributed by atoms with Gasteiger partial charge in [0.2, 0.25) is 0 Å². The molecule has 128 valence electrons. The first-order chi connectivity index (χ1) is 11.4. The lowest BCUT2D eigenvalue weighted by atomic mass is 10.2. The van der Waals surface area contributed by atoms with Gasteiger partial charge >= 0.3 is 10.1 Å². The predicted octanol–water partition coefficient (Wildman–Crippen LogP) is 3.24. The fourth-order valence-electron chi connectivity index (χ4n) is 2.23. The van der Waals surface area contributed by atoms with Gasteiger partial charge in [-0.2, -0.15) is 8.42 Å². The molecule has 0 aliphatic rings. The first-order valence-corrected chi connectivity index (χ1v) is 9.18. The largest absolute Gasteiger partial charge is 0.379 e. The second-order valence-corrected chi connectivity index (χ2v) is 6.90. The van der Waals surface area contributed by atoms with Crippen LogP contribution in [-0.2, 0) is 10.1 Å². The van der Waals surface area contributed by atoms with Crippen LogP contribution in [0.3, 0.4) is 0 Å². The van der Waals surface area contributed by atoms with Crippen LogP contribution in [0.25, 0.3) is 0 Å². The highest BCUT2D eigenvalue weighted by molar-refractivity contribution is 7.87. The minimum absolute atomic E-state index is 0.0899. The van der Waals surface area contributed by atoms with Crippen LogP contribution >= 0.6 is 0 Å². The van der Waals surface area contributed by atoms with Gasteiger partial charge in [-0.25, -0.2) is 0 Å². The van der Waals surface area contributed by atoms with Crippen LogP contribution in [0.5, 0.6) is 5.75 Å². The highest BCUT2D eigenvalue weighted by Crippen LogP contribution is 2.20. The molecule has 0 aliphatic carbocycles. The average molecular weight is 347 g/mol. The van der Waals surface area contributed by atoms with Gasteiger partial charge < -0.3 is 9.08 Å². The topological polar surface area (TPSA) is 63.7 Å². The molecule has 0 aliphatic heterocycles. The zero-order valence-corrected chi connectivity index (χ0v) is 14.8. The number of carbonyl (C=O) groups is 1. The van der Waals surface area contributed by atoms with Crippen LogP contribution < -0.4 is 4.18 Å². The first-order valence-electron chi connectivity index (χ1n) is 7.78. The summed E-state index contributed by atoms with van der Waals surface area (Å²) in [6.45, 7) is 6.94. The van der Waals surface area contributed by atoms with Gasteiger partial charge in [0.1, 0.15) is 10.6 Å².